The fourth-order valence-corrected chi connectivity index (χ4v) is 3.95. The van der Waals surface area contributed by atoms with Crippen LogP contribution in [0, 0.1) is 0 Å². The number of nitrogens with zero attached hydrogens (tertiary/aromatic N) is 5. The summed E-state index contributed by atoms with van der Waals surface area (Å²) < 4.78 is 0. The summed E-state index contributed by atoms with van der Waals surface area (Å²) in [6.45, 7) is 2.05. The average Bonchev–Trinajstić information content (AvgIpc) is 2.71. The number of fused-ring (bicyclic) bond motifs is 2. The minimum atomic E-state index is -1.82. The summed E-state index contributed by atoms with van der Waals surface area (Å²) in [6, 6.07) is 14.4. The van der Waals surface area contributed by atoms with E-state index in [0.717, 1.165) is 31.6 Å². The third-order valence-corrected chi connectivity index (χ3v) is 5.32. The second kappa shape index (κ2) is 11.1. The highest BCUT2D eigenvalue weighted by atomic mass is 32.2. The first-order valence-corrected chi connectivity index (χ1v) is 9.99. The van der Waals surface area contributed by atoms with Crippen molar-refractivity contribution in [3.63, 3.8) is 0 Å². The Hall–Kier alpha value is -3.20. The van der Waals surface area contributed by atoms with Gasteiger partial charge >= 0.3 is 11.9 Å². The molecule has 0 bridgehead atoms. The van der Waals surface area contributed by atoms with Crippen molar-refractivity contribution in [2.45, 2.75) is 22.6 Å². The number of para-hydroxylation sites is 1. The summed E-state index contributed by atoms with van der Waals surface area (Å²) >= 11 is 1.77. The van der Waals surface area contributed by atoms with Crippen LogP contribution < -0.4 is 4.90 Å². The quantitative estimate of drug-likeness (QED) is 0.223. The van der Waals surface area contributed by atoms with E-state index in [2.05, 4.69) is 58.2 Å². The standard InChI is InChI=1S/C18H21N5S.C2H2O4/c1-22(2)11-5-6-12-23-15-7-3-4-8-17(15)24-18-10-9-14(20-21-19)13-16(18)23;3-1(4)2(5)6/h3-4,7-10,13H,5-6,11-12H2,1-2H3;(H,3,4)(H,5,6). The first kappa shape index (κ1) is 23.1. The van der Waals surface area contributed by atoms with Crippen LogP contribution in [0.1, 0.15) is 12.8 Å². The van der Waals surface area contributed by atoms with Gasteiger partial charge in [0.15, 0.2) is 0 Å². The van der Waals surface area contributed by atoms with Gasteiger partial charge in [-0.2, -0.15) is 0 Å². The highest BCUT2D eigenvalue weighted by Gasteiger charge is 2.23. The molecular formula is C20H23N5O4S. The van der Waals surface area contributed by atoms with Crippen molar-refractivity contribution < 1.29 is 19.8 Å². The van der Waals surface area contributed by atoms with Gasteiger partial charge in [-0.15, -0.1) is 0 Å². The number of aliphatic carboxylic acids is 2. The predicted octanol–water partition coefficient (Wildman–Crippen LogP) is 4.73. The second-order valence-corrected chi connectivity index (χ2v) is 7.77. The van der Waals surface area contributed by atoms with Crippen LogP contribution in [0.2, 0.25) is 0 Å². The molecule has 1 aliphatic heterocycles. The maximum absolute atomic E-state index is 9.10. The van der Waals surface area contributed by atoms with Gasteiger partial charge in [-0.1, -0.05) is 35.1 Å². The number of unbranched alkanes of at least 4 members (excludes halogenated alkanes) is 1. The van der Waals surface area contributed by atoms with Crippen LogP contribution in [-0.4, -0.2) is 54.2 Å². The van der Waals surface area contributed by atoms with Crippen LogP contribution in [0.15, 0.2) is 57.4 Å². The molecule has 0 spiro atoms. The molecule has 0 aromatic heterocycles. The Labute approximate surface area is 178 Å². The molecule has 0 amide bonds. The molecule has 0 saturated heterocycles. The lowest BCUT2D eigenvalue weighted by atomic mass is 10.2. The Bertz CT molecular complexity index is 948. The van der Waals surface area contributed by atoms with Crippen LogP contribution in [0.25, 0.3) is 10.4 Å². The van der Waals surface area contributed by atoms with Gasteiger partial charge in [0.05, 0.1) is 11.4 Å². The largest absolute Gasteiger partial charge is 0.473 e. The monoisotopic (exact) mass is 429 g/mol. The smallest absolute Gasteiger partial charge is 0.414 e. The van der Waals surface area contributed by atoms with E-state index in [0.29, 0.717) is 5.69 Å². The van der Waals surface area contributed by atoms with Gasteiger partial charge in [0.1, 0.15) is 0 Å². The van der Waals surface area contributed by atoms with E-state index in [1.807, 2.05) is 18.2 Å². The topological polar surface area (TPSA) is 130 Å². The fraction of sp³-hybridized carbons (Fsp3) is 0.300. The van der Waals surface area contributed by atoms with Crippen LogP contribution in [0.4, 0.5) is 17.1 Å². The molecule has 10 heteroatoms. The average molecular weight is 430 g/mol. The zero-order valence-electron chi connectivity index (χ0n) is 16.7. The van der Waals surface area contributed by atoms with Crippen LogP contribution in [0.3, 0.4) is 0 Å². The van der Waals surface area contributed by atoms with Crippen LogP contribution in [0.5, 0.6) is 0 Å². The minimum Gasteiger partial charge on any atom is -0.473 e. The molecule has 0 fully saturated rings. The number of rotatable bonds is 6. The summed E-state index contributed by atoms with van der Waals surface area (Å²) in [6.07, 6.45) is 2.27. The molecule has 0 radical (unpaired) electrons. The number of benzene rings is 2. The lowest BCUT2D eigenvalue weighted by Gasteiger charge is -2.33. The Kier molecular flexibility index (Phi) is 8.54. The molecule has 1 heterocycles. The molecule has 1 aliphatic rings. The summed E-state index contributed by atoms with van der Waals surface area (Å²) in [5, 5.41) is 18.5. The Balaban J connectivity index is 0.000000469. The number of hydrogen-bond acceptors (Lipinski definition) is 6. The Morgan fingerprint density at radius 3 is 2.37 bits per heavy atom. The highest BCUT2D eigenvalue weighted by Crippen LogP contribution is 2.49. The van der Waals surface area contributed by atoms with E-state index in [4.69, 9.17) is 25.3 Å². The molecule has 158 valence electrons. The number of azide groups is 1. The summed E-state index contributed by atoms with van der Waals surface area (Å²) in [5.41, 5.74) is 11.7. The predicted molar refractivity (Wildman–Crippen MR) is 116 cm³/mol. The number of anilines is 2. The molecule has 0 saturated carbocycles. The van der Waals surface area contributed by atoms with Crippen molar-refractivity contribution >= 4 is 40.8 Å². The molecule has 3 rings (SSSR count). The zero-order valence-corrected chi connectivity index (χ0v) is 17.5. The van der Waals surface area contributed by atoms with Crippen LogP contribution >= 0.6 is 11.8 Å². The second-order valence-electron chi connectivity index (χ2n) is 6.68. The number of carbonyl (C=O) groups is 2. The van der Waals surface area contributed by atoms with Crippen molar-refractivity contribution in [2.24, 2.45) is 5.11 Å². The molecule has 0 unspecified atom stereocenters. The van der Waals surface area contributed by atoms with E-state index >= 15 is 0 Å². The molecule has 30 heavy (non-hydrogen) atoms. The number of hydrogen-bond donors (Lipinski definition) is 2. The first-order valence-electron chi connectivity index (χ1n) is 9.18. The van der Waals surface area contributed by atoms with Gasteiger partial charge in [0, 0.05) is 26.9 Å². The fourth-order valence-electron chi connectivity index (χ4n) is 2.87. The first-order chi connectivity index (χ1) is 14.3. The minimum absolute atomic E-state index is 0.662. The highest BCUT2D eigenvalue weighted by molar-refractivity contribution is 7.99. The number of carboxylic acids is 2. The van der Waals surface area contributed by atoms with Gasteiger partial charge < -0.3 is 20.0 Å². The molecular weight excluding hydrogens is 406 g/mol. The Morgan fingerprint density at radius 1 is 1.07 bits per heavy atom. The molecule has 0 atom stereocenters. The summed E-state index contributed by atoms with van der Waals surface area (Å²) in [4.78, 5) is 28.2. The molecule has 2 N–H and O–H groups in total. The van der Waals surface area contributed by atoms with Crippen molar-refractivity contribution in [2.75, 3.05) is 32.1 Å². The van der Waals surface area contributed by atoms with E-state index < -0.39 is 11.9 Å². The zero-order chi connectivity index (χ0) is 22.1. The van der Waals surface area contributed by atoms with Gasteiger partial charge in [-0.05, 0) is 63.3 Å². The third-order valence-electron chi connectivity index (χ3n) is 4.19. The SMILES string of the molecule is CN(C)CCCCN1c2ccccc2Sc2ccc(N=[N+]=[N-])cc21.O=C(O)C(=O)O. The maximum atomic E-state index is 9.10. The molecule has 2 aromatic carbocycles. The maximum Gasteiger partial charge on any atom is 0.414 e. The molecule has 2 aromatic rings. The normalized spacial score (nSPS) is 11.5. The lowest BCUT2D eigenvalue weighted by Crippen LogP contribution is -2.23. The lowest BCUT2D eigenvalue weighted by molar-refractivity contribution is -0.159. The van der Waals surface area contributed by atoms with E-state index in [-0.39, 0.29) is 0 Å². The van der Waals surface area contributed by atoms with Crippen molar-refractivity contribution in [3.8, 4) is 0 Å². The van der Waals surface area contributed by atoms with Gasteiger partial charge in [-0.25, -0.2) is 9.59 Å². The summed E-state index contributed by atoms with van der Waals surface area (Å²) in [5.74, 6) is -3.65. The molecule has 0 aliphatic carbocycles. The van der Waals surface area contributed by atoms with Crippen LogP contribution in [-0.2, 0) is 9.59 Å². The molecule has 9 nitrogen and oxygen atoms in total. The Morgan fingerprint density at radius 2 is 1.73 bits per heavy atom. The van der Waals surface area contributed by atoms with Gasteiger partial charge in [0.25, 0.3) is 0 Å². The third kappa shape index (κ3) is 6.41. The van der Waals surface area contributed by atoms with E-state index in [1.165, 1.54) is 15.5 Å². The van der Waals surface area contributed by atoms with Gasteiger partial charge in [0.2, 0.25) is 0 Å². The van der Waals surface area contributed by atoms with Crippen molar-refractivity contribution in [1.29, 1.82) is 0 Å². The number of carboxylic acid groups (broad SMARTS) is 2. The summed E-state index contributed by atoms with van der Waals surface area (Å²) in [7, 11) is 4.21. The van der Waals surface area contributed by atoms with E-state index in [1.54, 1.807) is 11.8 Å². The van der Waals surface area contributed by atoms with Crippen molar-refractivity contribution in [1.82, 2.24) is 4.90 Å². The van der Waals surface area contributed by atoms with Gasteiger partial charge in [-0.3, -0.25) is 0 Å². The van der Waals surface area contributed by atoms with E-state index in [9.17, 15) is 0 Å². The van der Waals surface area contributed by atoms with Crippen molar-refractivity contribution in [3.05, 3.63) is 52.9 Å².